The Labute approximate surface area is 144 Å². The van der Waals surface area contributed by atoms with Crippen LogP contribution >= 0.6 is 11.8 Å². The molecule has 0 radical (unpaired) electrons. The van der Waals surface area contributed by atoms with Gasteiger partial charge in [0, 0.05) is 23.4 Å². The van der Waals surface area contributed by atoms with Crippen LogP contribution in [0, 0.1) is 13.8 Å². The van der Waals surface area contributed by atoms with Crippen molar-refractivity contribution in [3.8, 4) is 0 Å². The maximum Gasteiger partial charge on any atom is 0.311 e. The second kappa shape index (κ2) is 6.88. The number of fused-ring (bicyclic) bond motifs is 1. The Morgan fingerprint density at radius 1 is 1.33 bits per heavy atom. The summed E-state index contributed by atoms with van der Waals surface area (Å²) in [4.78, 5) is 32.8. The highest BCUT2D eigenvalue weighted by atomic mass is 32.2. The fraction of sp³-hybridized carbons (Fsp3) is 0.562. The minimum absolute atomic E-state index is 0.0255. The third kappa shape index (κ3) is 3.28. The van der Waals surface area contributed by atoms with Gasteiger partial charge in [-0.3, -0.25) is 9.59 Å². The van der Waals surface area contributed by atoms with Crippen LogP contribution in [-0.4, -0.2) is 43.7 Å². The molecule has 2 aromatic heterocycles. The first-order chi connectivity index (χ1) is 11.5. The van der Waals surface area contributed by atoms with Gasteiger partial charge in [-0.05, 0) is 39.4 Å². The largest absolute Gasteiger partial charge is 0.454 e. The number of thioether (sulfide) groups is 1. The van der Waals surface area contributed by atoms with Gasteiger partial charge >= 0.3 is 5.97 Å². The van der Waals surface area contributed by atoms with Gasteiger partial charge in [-0.15, -0.1) is 5.10 Å². The van der Waals surface area contributed by atoms with Crippen LogP contribution in [-0.2, 0) is 20.7 Å². The Morgan fingerprint density at radius 2 is 2.12 bits per heavy atom. The van der Waals surface area contributed by atoms with E-state index in [0.29, 0.717) is 23.8 Å². The van der Waals surface area contributed by atoms with Crippen LogP contribution in [0.15, 0.2) is 5.16 Å². The summed E-state index contributed by atoms with van der Waals surface area (Å²) in [7, 11) is 0. The third-order valence-electron chi connectivity index (χ3n) is 4.31. The second-order valence-electron chi connectivity index (χ2n) is 5.94. The maximum absolute atomic E-state index is 12.3. The van der Waals surface area contributed by atoms with E-state index in [2.05, 4.69) is 15.1 Å². The number of carbonyl (C=O) groups excluding carboxylic acids is 2. The van der Waals surface area contributed by atoms with Crippen LogP contribution in [0.3, 0.4) is 0 Å². The normalized spacial score (nSPS) is 18.1. The van der Waals surface area contributed by atoms with E-state index in [1.54, 1.807) is 4.52 Å². The highest BCUT2D eigenvalue weighted by Gasteiger charge is 2.26. The predicted octanol–water partition coefficient (Wildman–Crippen LogP) is 2.06. The minimum Gasteiger partial charge on any atom is -0.454 e. The van der Waals surface area contributed by atoms with Gasteiger partial charge in [0.1, 0.15) is 0 Å². The molecule has 0 aliphatic heterocycles. The van der Waals surface area contributed by atoms with Crippen molar-refractivity contribution in [3.63, 3.8) is 0 Å². The molecule has 0 bridgehead atoms. The van der Waals surface area contributed by atoms with Crippen molar-refractivity contribution in [1.82, 2.24) is 19.6 Å². The zero-order valence-electron chi connectivity index (χ0n) is 14.0. The number of ketones is 1. The molecule has 1 saturated carbocycles. The molecule has 1 aliphatic carbocycles. The van der Waals surface area contributed by atoms with Crippen LogP contribution in [0.1, 0.15) is 42.6 Å². The lowest BCUT2D eigenvalue weighted by molar-refractivity contribution is -0.156. The van der Waals surface area contributed by atoms with Crippen LogP contribution in [0.4, 0.5) is 0 Å². The second-order valence-corrected chi connectivity index (χ2v) is 6.71. The van der Waals surface area contributed by atoms with Gasteiger partial charge in [0.2, 0.25) is 5.16 Å². The number of hydrogen-bond donors (Lipinski definition) is 0. The molecule has 1 aliphatic rings. The molecule has 0 spiro atoms. The molecule has 0 N–H and O–H groups in total. The number of Topliss-reactive ketones (excluding diaryl/α,β-unsaturated/α-hetero) is 1. The van der Waals surface area contributed by atoms with Crippen molar-refractivity contribution in [3.05, 3.63) is 17.0 Å². The fourth-order valence-electron chi connectivity index (χ4n) is 2.95. The van der Waals surface area contributed by atoms with Crippen molar-refractivity contribution in [2.45, 2.75) is 57.2 Å². The molecule has 0 saturated heterocycles. The predicted molar refractivity (Wildman–Crippen MR) is 89.1 cm³/mol. The fourth-order valence-corrected chi connectivity index (χ4v) is 3.29. The van der Waals surface area contributed by atoms with Gasteiger partial charge in [0.15, 0.2) is 11.9 Å². The molecule has 8 heteroatoms. The molecule has 1 atom stereocenters. The summed E-state index contributed by atoms with van der Waals surface area (Å²) in [5.41, 5.74) is 2.32. The van der Waals surface area contributed by atoms with Gasteiger partial charge in [-0.2, -0.15) is 4.98 Å². The van der Waals surface area contributed by atoms with Gasteiger partial charge in [-0.1, -0.05) is 11.8 Å². The molecule has 2 aromatic rings. The molecule has 1 fully saturated rings. The smallest absolute Gasteiger partial charge is 0.311 e. The average Bonchev–Trinajstić information content (AvgIpc) is 2.97. The Balaban J connectivity index is 1.81. The lowest BCUT2D eigenvalue weighted by Crippen LogP contribution is -2.31. The minimum atomic E-state index is -0.585. The number of nitrogens with zero attached hydrogens (tertiary/aromatic N) is 4. The standard InChI is InChI=1S/C16H20N4O3S/c1-9-11(8-14(22)23-13-7-5-4-6-12(13)21)10(2)20-15(17-9)18-16(19-20)24-3/h13H,4-8H2,1-3H3/t13-/m0/s1. The summed E-state index contributed by atoms with van der Waals surface area (Å²) in [5.74, 6) is 0.152. The summed E-state index contributed by atoms with van der Waals surface area (Å²) in [6.45, 7) is 3.73. The first-order valence-electron chi connectivity index (χ1n) is 7.98. The van der Waals surface area contributed by atoms with E-state index < -0.39 is 12.1 Å². The number of hydrogen-bond acceptors (Lipinski definition) is 7. The van der Waals surface area contributed by atoms with Crippen LogP contribution in [0.25, 0.3) is 5.78 Å². The summed E-state index contributed by atoms with van der Waals surface area (Å²) < 4.78 is 7.04. The monoisotopic (exact) mass is 348 g/mol. The number of rotatable bonds is 4. The summed E-state index contributed by atoms with van der Waals surface area (Å²) in [6.07, 6.45) is 4.33. The number of aromatic nitrogens is 4. The zero-order chi connectivity index (χ0) is 17.3. The molecular formula is C16H20N4O3S. The molecule has 3 rings (SSSR count). The summed E-state index contributed by atoms with van der Waals surface area (Å²) in [5, 5.41) is 5.00. The van der Waals surface area contributed by atoms with Crippen molar-refractivity contribution >= 4 is 29.3 Å². The Bertz CT molecular complexity index is 802. The molecule has 24 heavy (non-hydrogen) atoms. The summed E-state index contributed by atoms with van der Waals surface area (Å²) in [6, 6.07) is 0. The highest BCUT2D eigenvalue weighted by molar-refractivity contribution is 7.98. The third-order valence-corrected chi connectivity index (χ3v) is 4.84. The molecule has 0 amide bonds. The van der Waals surface area contributed by atoms with Gasteiger partial charge in [0.25, 0.3) is 5.78 Å². The van der Waals surface area contributed by atoms with Gasteiger partial charge < -0.3 is 4.74 Å². The lowest BCUT2D eigenvalue weighted by Gasteiger charge is -2.21. The van der Waals surface area contributed by atoms with E-state index in [1.165, 1.54) is 11.8 Å². The van der Waals surface area contributed by atoms with E-state index in [9.17, 15) is 9.59 Å². The van der Waals surface area contributed by atoms with Crippen molar-refractivity contribution in [2.75, 3.05) is 6.26 Å². The quantitative estimate of drug-likeness (QED) is 0.617. The molecule has 0 unspecified atom stereocenters. The number of aryl methyl sites for hydroxylation is 2. The van der Waals surface area contributed by atoms with Crippen LogP contribution in [0.5, 0.6) is 0 Å². The highest BCUT2D eigenvalue weighted by Crippen LogP contribution is 2.20. The first-order valence-corrected chi connectivity index (χ1v) is 9.21. The molecular weight excluding hydrogens is 328 g/mol. The average molecular weight is 348 g/mol. The van der Waals surface area contributed by atoms with E-state index in [4.69, 9.17) is 4.74 Å². The topological polar surface area (TPSA) is 86.5 Å². The van der Waals surface area contributed by atoms with Crippen molar-refractivity contribution in [2.24, 2.45) is 0 Å². The summed E-state index contributed by atoms with van der Waals surface area (Å²) >= 11 is 1.44. The Morgan fingerprint density at radius 3 is 2.83 bits per heavy atom. The van der Waals surface area contributed by atoms with E-state index in [1.807, 2.05) is 20.1 Å². The molecule has 0 aromatic carbocycles. The maximum atomic E-state index is 12.3. The van der Waals surface area contributed by atoms with E-state index in [0.717, 1.165) is 29.8 Å². The Hall–Kier alpha value is -1.96. The van der Waals surface area contributed by atoms with Crippen LogP contribution in [0.2, 0.25) is 0 Å². The molecule has 128 valence electrons. The van der Waals surface area contributed by atoms with Gasteiger partial charge in [0.05, 0.1) is 6.42 Å². The number of carbonyl (C=O) groups is 2. The Kier molecular flexibility index (Phi) is 4.84. The van der Waals surface area contributed by atoms with E-state index in [-0.39, 0.29) is 12.2 Å². The van der Waals surface area contributed by atoms with Gasteiger partial charge in [-0.25, -0.2) is 9.50 Å². The number of ether oxygens (including phenoxy) is 1. The molecule has 7 nitrogen and oxygen atoms in total. The van der Waals surface area contributed by atoms with Crippen molar-refractivity contribution in [1.29, 1.82) is 0 Å². The number of esters is 1. The molecule has 2 heterocycles. The van der Waals surface area contributed by atoms with E-state index >= 15 is 0 Å². The lowest BCUT2D eigenvalue weighted by atomic mass is 9.96. The van der Waals surface area contributed by atoms with Crippen LogP contribution < -0.4 is 0 Å². The zero-order valence-corrected chi connectivity index (χ0v) is 14.9. The van der Waals surface area contributed by atoms with Crippen molar-refractivity contribution < 1.29 is 14.3 Å². The first kappa shape index (κ1) is 16.9. The SMILES string of the molecule is CSc1nc2nc(C)c(CC(=O)O[C@H]3CCCCC3=O)c(C)n2n1.